The molecule has 1 saturated heterocycles. The zero-order valence-corrected chi connectivity index (χ0v) is 19.6. The molecule has 1 aliphatic heterocycles. The molecular formula is C22H28N6O3Si. The zero-order valence-electron chi connectivity index (χ0n) is 18.6. The molecule has 1 aliphatic rings. The largest absolute Gasteiger partial charge is 0.465 e. The van der Waals surface area contributed by atoms with Gasteiger partial charge in [-0.05, 0) is 31.1 Å². The fourth-order valence-corrected chi connectivity index (χ4v) is 4.88. The van der Waals surface area contributed by atoms with Crippen LogP contribution in [0.3, 0.4) is 0 Å². The van der Waals surface area contributed by atoms with Gasteiger partial charge in [-0.1, -0.05) is 19.6 Å². The number of nitrogens with one attached hydrogen (secondary N) is 1. The van der Waals surface area contributed by atoms with Gasteiger partial charge in [0.2, 0.25) is 0 Å². The second-order valence-electron chi connectivity index (χ2n) is 9.30. The standard InChI is InChI=1S/C22H28N6O3Si/c1-32(2,3)9-8-31-14-27-19-13-26-15(11-23)10-17(19)20-18(5-7-25-21(20)27)28(22(29)30)16-4-6-24-12-16/h5,7,10,13,16,24H,4,6,8-9,12,14H2,1-3H3,(H,29,30). The monoisotopic (exact) mass is 452 g/mol. The van der Waals surface area contributed by atoms with Crippen molar-refractivity contribution in [2.45, 2.75) is 44.9 Å². The van der Waals surface area contributed by atoms with Crippen molar-refractivity contribution in [2.24, 2.45) is 0 Å². The number of hydrogen-bond acceptors (Lipinski definition) is 6. The van der Waals surface area contributed by atoms with Crippen LogP contribution in [-0.4, -0.2) is 59.5 Å². The van der Waals surface area contributed by atoms with Gasteiger partial charge in [0.05, 0.1) is 28.8 Å². The molecule has 0 radical (unpaired) electrons. The molecule has 0 spiro atoms. The van der Waals surface area contributed by atoms with Crippen LogP contribution in [0.5, 0.6) is 0 Å². The smallest absolute Gasteiger partial charge is 0.412 e. The molecule has 3 aromatic heterocycles. The van der Waals surface area contributed by atoms with Gasteiger partial charge in [0, 0.05) is 32.8 Å². The maximum atomic E-state index is 12.3. The van der Waals surface area contributed by atoms with E-state index in [1.54, 1.807) is 24.5 Å². The summed E-state index contributed by atoms with van der Waals surface area (Å²) < 4.78 is 7.92. The minimum atomic E-state index is -1.23. The average Bonchev–Trinajstić information content (AvgIpc) is 3.37. The summed E-state index contributed by atoms with van der Waals surface area (Å²) in [7, 11) is -1.23. The van der Waals surface area contributed by atoms with E-state index >= 15 is 0 Å². The normalized spacial score (nSPS) is 16.5. The molecule has 0 bridgehead atoms. The highest BCUT2D eigenvalue weighted by Gasteiger charge is 2.30. The number of fused-ring (bicyclic) bond motifs is 3. The van der Waals surface area contributed by atoms with Crippen molar-refractivity contribution >= 4 is 41.8 Å². The van der Waals surface area contributed by atoms with E-state index < -0.39 is 14.2 Å². The van der Waals surface area contributed by atoms with Crippen LogP contribution in [0.4, 0.5) is 10.5 Å². The molecule has 0 aliphatic carbocycles. The van der Waals surface area contributed by atoms with Gasteiger partial charge in [-0.15, -0.1) is 0 Å². The molecular weight excluding hydrogens is 424 g/mol. The minimum Gasteiger partial charge on any atom is -0.465 e. The number of hydrogen-bond donors (Lipinski definition) is 2. The fraction of sp³-hybridized carbons (Fsp3) is 0.455. The van der Waals surface area contributed by atoms with E-state index in [1.807, 2.05) is 4.57 Å². The first-order chi connectivity index (χ1) is 15.3. The topological polar surface area (TPSA) is 116 Å². The number of carbonyl (C=O) groups is 1. The third kappa shape index (κ3) is 4.32. The second-order valence-corrected chi connectivity index (χ2v) is 14.9. The number of pyridine rings is 2. The molecule has 1 fully saturated rings. The quantitative estimate of drug-likeness (QED) is 0.415. The summed E-state index contributed by atoms with van der Waals surface area (Å²) in [5.41, 5.74) is 2.23. The van der Waals surface area contributed by atoms with Gasteiger partial charge >= 0.3 is 6.09 Å². The third-order valence-electron chi connectivity index (χ3n) is 5.80. The first-order valence-electron chi connectivity index (χ1n) is 10.8. The van der Waals surface area contributed by atoms with Gasteiger partial charge in [0.1, 0.15) is 24.1 Å². The van der Waals surface area contributed by atoms with Crippen LogP contribution in [-0.2, 0) is 11.5 Å². The van der Waals surface area contributed by atoms with Crippen LogP contribution in [0.2, 0.25) is 25.7 Å². The summed E-state index contributed by atoms with van der Waals surface area (Å²) in [6, 6.07) is 6.39. The summed E-state index contributed by atoms with van der Waals surface area (Å²) in [5, 5.41) is 24.1. The number of ether oxygens (including phenoxy) is 1. The van der Waals surface area contributed by atoms with Crippen molar-refractivity contribution in [2.75, 3.05) is 24.6 Å². The Morgan fingerprint density at radius 2 is 2.25 bits per heavy atom. The van der Waals surface area contributed by atoms with E-state index in [4.69, 9.17) is 4.74 Å². The molecule has 0 aromatic carbocycles. The van der Waals surface area contributed by atoms with Crippen LogP contribution in [0.25, 0.3) is 21.9 Å². The maximum Gasteiger partial charge on any atom is 0.412 e. The molecule has 4 heterocycles. The van der Waals surface area contributed by atoms with Gasteiger partial charge in [-0.25, -0.2) is 14.8 Å². The second kappa shape index (κ2) is 8.86. The number of nitrogens with zero attached hydrogens (tertiary/aromatic N) is 5. The Morgan fingerprint density at radius 1 is 1.44 bits per heavy atom. The Labute approximate surface area is 187 Å². The Kier molecular flexibility index (Phi) is 6.14. The SMILES string of the molecule is C[Si](C)(C)CCOCn1c2cnc(C#N)cc2c2c(N(C(=O)O)C3CCNC3)ccnc21. The van der Waals surface area contributed by atoms with Crippen molar-refractivity contribution < 1.29 is 14.6 Å². The average molecular weight is 453 g/mol. The van der Waals surface area contributed by atoms with Gasteiger partial charge in [-0.2, -0.15) is 5.26 Å². The molecule has 0 saturated carbocycles. The van der Waals surface area contributed by atoms with E-state index in [2.05, 4.69) is 41.0 Å². The predicted molar refractivity (Wildman–Crippen MR) is 126 cm³/mol. The fourth-order valence-electron chi connectivity index (χ4n) is 4.12. The Morgan fingerprint density at radius 3 is 2.91 bits per heavy atom. The van der Waals surface area contributed by atoms with Crippen molar-refractivity contribution in [1.82, 2.24) is 19.9 Å². The third-order valence-corrected chi connectivity index (χ3v) is 7.51. The molecule has 2 N–H and O–H groups in total. The zero-order chi connectivity index (χ0) is 22.9. The van der Waals surface area contributed by atoms with Crippen LogP contribution in [0, 0.1) is 11.3 Å². The number of amides is 1. The van der Waals surface area contributed by atoms with Crippen LogP contribution in [0.1, 0.15) is 12.1 Å². The highest BCUT2D eigenvalue weighted by atomic mass is 28.3. The lowest BCUT2D eigenvalue weighted by atomic mass is 10.1. The molecule has 9 nitrogen and oxygen atoms in total. The van der Waals surface area contributed by atoms with Crippen LogP contribution >= 0.6 is 0 Å². The summed E-state index contributed by atoms with van der Waals surface area (Å²) >= 11 is 0. The molecule has 1 atom stereocenters. The van der Waals surface area contributed by atoms with E-state index in [1.165, 1.54) is 4.90 Å². The first kappa shape index (κ1) is 22.2. The predicted octanol–water partition coefficient (Wildman–Crippen LogP) is 3.61. The van der Waals surface area contributed by atoms with Gasteiger partial charge in [0.15, 0.2) is 0 Å². The maximum absolute atomic E-state index is 12.3. The van der Waals surface area contributed by atoms with E-state index in [9.17, 15) is 15.2 Å². The van der Waals surface area contributed by atoms with Crippen molar-refractivity contribution in [1.29, 1.82) is 5.26 Å². The summed E-state index contributed by atoms with van der Waals surface area (Å²) in [6.45, 7) is 9.21. The van der Waals surface area contributed by atoms with Crippen molar-refractivity contribution in [3.05, 3.63) is 30.2 Å². The molecule has 10 heteroatoms. The number of anilines is 1. The number of aromatic nitrogens is 3. The number of carboxylic acid groups (broad SMARTS) is 1. The van der Waals surface area contributed by atoms with Crippen molar-refractivity contribution in [3.8, 4) is 6.07 Å². The molecule has 1 amide bonds. The van der Waals surface area contributed by atoms with Gasteiger partial charge in [-0.3, -0.25) is 9.47 Å². The van der Waals surface area contributed by atoms with Crippen LogP contribution in [0.15, 0.2) is 24.5 Å². The minimum absolute atomic E-state index is 0.165. The molecule has 4 rings (SSSR count). The van der Waals surface area contributed by atoms with E-state index in [0.717, 1.165) is 29.9 Å². The summed E-state index contributed by atoms with van der Waals surface area (Å²) in [5.74, 6) is 0. The number of nitriles is 1. The Balaban J connectivity index is 1.85. The lowest BCUT2D eigenvalue weighted by Gasteiger charge is -2.26. The molecule has 3 aromatic rings. The van der Waals surface area contributed by atoms with Crippen LogP contribution < -0.4 is 10.2 Å². The number of rotatable bonds is 7. The summed E-state index contributed by atoms with van der Waals surface area (Å²) in [6.07, 6.45) is 3.00. The first-order valence-corrected chi connectivity index (χ1v) is 14.5. The highest BCUT2D eigenvalue weighted by Crippen LogP contribution is 2.36. The molecule has 32 heavy (non-hydrogen) atoms. The van der Waals surface area contributed by atoms with Crippen molar-refractivity contribution in [3.63, 3.8) is 0 Å². The summed E-state index contributed by atoms with van der Waals surface area (Å²) in [4.78, 5) is 22.5. The lowest BCUT2D eigenvalue weighted by molar-refractivity contribution is 0.0925. The lowest BCUT2D eigenvalue weighted by Crippen LogP contribution is -2.41. The Hall–Kier alpha value is -3.00. The Bertz CT molecular complexity index is 1190. The van der Waals surface area contributed by atoms with Gasteiger partial charge < -0.3 is 15.2 Å². The van der Waals surface area contributed by atoms with Gasteiger partial charge in [0.25, 0.3) is 0 Å². The molecule has 168 valence electrons. The molecule has 1 unspecified atom stereocenters. The van der Waals surface area contributed by atoms with E-state index in [0.29, 0.717) is 29.9 Å². The van der Waals surface area contributed by atoms with E-state index in [-0.39, 0.29) is 18.5 Å². The highest BCUT2D eigenvalue weighted by molar-refractivity contribution is 6.76.